The first-order valence-corrected chi connectivity index (χ1v) is 8.31. The molecule has 2 aromatic carbocycles. The third kappa shape index (κ3) is 5.01. The fourth-order valence-corrected chi connectivity index (χ4v) is 2.53. The van der Waals surface area contributed by atoms with E-state index >= 15 is 0 Å². The van der Waals surface area contributed by atoms with E-state index < -0.39 is 0 Å². The molecular weight excluding hydrogens is 326 g/mol. The molecule has 0 saturated heterocycles. The maximum absolute atomic E-state index is 12.2. The molecule has 0 saturated carbocycles. The van der Waals surface area contributed by atoms with Crippen molar-refractivity contribution in [3.05, 3.63) is 95.8 Å². The average Bonchev–Trinajstić information content (AvgIpc) is 2.68. The Morgan fingerprint density at radius 1 is 0.885 bits per heavy atom. The van der Waals surface area contributed by atoms with E-state index in [0.717, 1.165) is 11.1 Å². The van der Waals surface area contributed by atoms with Gasteiger partial charge in [0.2, 0.25) is 5.91 Å². The van der Waals surface area contributed by atoms with Crippen molar-refractivity contribution in [1.82, 2.24) is 10.3 Å². The molecule has 0 bridgehead atoms. The monoisotopic (exact) mass is 345 g/mol. The van der Waals surface area contributed by atoms with Crippen LogP contribution in [0.15, 0.2) is 79.1 Å². The van der Waals surface area contributed by atoms with E-state index in [2.05, 4.69) is 15.6 Å². The summed E-state index contributed by atoms with van der Waals surface area (Å²) >= 11 is 0. The molecule has 5 heteroatoms. The summed E-state index contributed by atoms with van der Waals surface area (Å²) in [6.45, 7) is 0.371. The number of hydrogen-bond donors (Lipinski definition) is 2. The van der Waals surface area contributed by atoms with E-state index in [1.165, 1.54) is 6.20 Å². The highest BCUT2D eigenvalue weighted by Gasteiger charge is 2.07. The quantitative estimate of drug-likeness (QED) is 0.721. The number of nitrogens with one attached hydrogen (secondary N) is 2. The van der Waals surface area contributed by atoms with Crippen molar-refractivity contribution >= 4 is 17.5 Å². The summed E-state index contributed by atoms with van der Waals surface area (Å²) in [4.78, 5) is 28.2. The van der Waals surface area contributed by atoms with Gasteiger partial charge in [0, 0.05) is 24.6 Å². The molecule has 2 N–H and O–H groups in total. The number of aromatic nitrogens is 1. The zero-order valence-corrected chi connectivity index (χ0v) is 14.2. The van der Waals surface area contributed by atoms with Crippen LogP contribution in [0.5, 0.6) is 0 Å². The highest BCUT2D eigenvalue weighted by molar-refractivity contribution is 5.94. The molecular formula is C21H19N3O2. The molecule has 0 unspecified atom stereocenters. The summed E-state index contributed by atoms with van der Waals surface area (Å²) in [5, 5.41) is 5.73. The standard InChI is InChI=1S/C21H19N3O2/c25-20(13-16-6-2-1-3-7-16)24-19-10-4-8-17(12-19)14-23-21(26)18-9-5-11-22-15-18/h1-12,15H,13-14H2,(H,23,26)(H,24,25). The Hall–Kier alpha value is -3.47. The van der Waals surface area contributed by atoms with E-state index in [0.29, 0.717) is 24.2 Å². The lowest BCUT2D eigenvalue weighted by Crippen LogP contribution is -2.23. The lowest BCUT2D eigenvalue weighted by Gasteiger charge is -2.09. The van der Waals surface area contributed by atoms with Gasteiger partial charge >= 0.3 is 0 Å². The zero-order valence-electron chi connectivity index (χ0n) is 14.2. The first-order valence-electron chi connectivity index (χ1n) is 8.31. The number of pyridine rings is 1. The van der Waals surface area contributed by atoms with Crippen LogP contribution >= 0.6 is 0 Å². The largest absolute Gasteiger partial charge is 0.348 e. The van der Waals surface area contributed by atoms with Crippen molar-refractivity contribution in [2.24, 2.45) is 0 Å². The number of carbonyl (C=O) groups excluding carboxylic acids is 2. The van der Waals surface area contributed by atoms with E-state index in [1.807, 2.05) is 54.6 Å². The molecule has 1 aromatic heterocycles. The van der Waals surface area contributed by atoms with E-state index in [-0.39, 0.29) is 11.8 Å². The number of hydrogen-bond acceptors (Lipinski definition) is 3. The van der Waals surface area contributed by atoms with Gasteiger partial charge in [-0.05, 0) is 35.4 Å². The SMILES string of the molecule is O=C(Cc1ccccc1)Nc1cccc(CNC(=O)c2cccnc2)c1. The Labute approximate surface area is 152 Å². The second-order valence-electron chi connectivity index (χ2n) is 5.84. The topological polar surface area (TPSA) is 71.1 Å². The van der Waals surface area contributed by atoms with Gasteiger partial charge in [-0.15, -0.1) is 0 Å². The predicted octanol–water partition coefficient (Wildman–Crippen LogP) is 3.19. The van der Waals surface area contributed by atoms with Gasteiger partial charge < -0.3 is 10.6 Å². The molecule has 2 amide bonds. The first-order chi connectivity index (χ1) is 12.7. The second kappa shape index (κ2) is 8.58. The number of amides is 2. The van der Waals surface area contributed by atoms with Crippen LogP contribution in [-0.2, 0) is 17.8 Å². The molecule has 0 aliphatic carbocycles. The van der Waals surface area contributed by atoms with Gasteiger partial charge in [0.25, 0.3) is 5.91 Å². The number of carbonyl (C=O) groups is 2. The van der Waals surface area contributed by atoms with Gasteiger partial charge in [0.15, 0.2) is 0 Å². The van der Waals surface area contributed by atoms with Gasteiger partial charge in [-0.25, -0.2) is 0 Å². The smallest absolute Gasteiger partial charge is 0.253 e. The number of anilines is 1. The molecule has 0 aliphatic heterocycles. The van der Waals surface area contributed by atoms with Crippen LogP contribution in [0.4, 0.5) is 5.69 Å². The number of benzene rings is 2. The fourth-order valence-electron chi connectivity index (χ4n) is 2.53. The van der Waals surface area contributed by atoms with E-state index in [1.54, 1.807) is 18.3 Å². The Kier molecular flexibility index (Phi) is 5.72. The molecule has 0 spiro atoms. The molecule has 130 valence electrons. The van der Waals surface area contributed by atoms with Crippen molar-refractivity contribution in [3.63, 3.8) is 0 Å². The Balaban J connectivity index is 1.56. The maximum atomic E-state index is 12.2. The molecule has 5 nitrogen and oxygen atoms in total. The van der Waals surface area contributed by atoms with Gasteiger partial charge in [0.1, 0.15) is 0 Å². The third-order valence-electron chi connectivity index (χ3n) is 3.80. The molecule has 3 aromatic rings. The lowest BCUT2D eigenvalue weighted by atomic mass is 10.1. The zero-order chi connectivity index (χ0) is 18.2. The number of nitrogens with zero attached hydrogens (tertiary/aromatic N) is 1. The van der Waals surface area contributed by atoms with Crippen LogP contribution in [0, 0.1) is 0 Å². The molecule has 0 aliphatic rings. The van der Waals surface area contributed by atoms with E-state index in [4.69, 9.17) is 0 Å². The second-order valence-corrected chi connectivity index (χ2v) is 5.84. The molecule has 1 heterocycles. The van der Waals surface area contributed by atoms with Crippen LogP contribution in [0.3, 0.4) is 0 Å². The Bertz CT molecular complexity index is 880. The van der Waals surface area contributed by atoms with Crippen molar-refractivity contribution in [2.45, 2.75) is 13.0 Å². The maximum Gasteiger partial charge on any atom is 0.253 e. The van der Waals surface area contributed by atoms with Crippen molar-refractivity contribution in [1.29, 1.82) is 0 Å². The van der Waals surface area contributed by atoms with Gasteiger partial charge in [-0.1, -0.05) is 42.5 Å². The van der Waals surface area contributed by atoms with Crippen LogP contribution in [0.2, 0.25) is 0 Å². The summed E-state index contributed by atoms with van der Waals surface area (Å²) in [7, 11) is 0. The Morgan fingerprint density at radius 2 is 1.69 bits per heavy atom. The molecule has 0 fully saturated rings. The Morgan fingerprint density at radius 3 is 2.46 bits per heavy atom. The van der Waals surface area contributed by atoms with Crippen molar-refractivity contribution in [2.75, 3.05) is 5.32 Å². The summed E-state index contributed by atoms with van der Waals surface area (Å²) in [6, 6.07) is 20.4. The van der Waals surface area contributed by atoms with E-state index in [9.17, 15) is 9.59 Å². The molecule has 0 radical (unpaired) electrons. The van der Waals surface area contributed by atoms with Crippen LogP contribution in [0.1, 0.15) is 21.5 Å². The van der Waals surface area contributed by atoms with Crippen molar-refractivity contribution < 1.29 is 9.59 Å². The first kappa shape index (κ1) is 17.4. The fraction of sp³-hybridized carbons (Fsp3) is 0.0952. The average molecular weight is 345 g/mol. The van der Waals surface area contributed by atoms with Crippen LogP contribution < -0.4 is 10.6 Å². The summed E-state index contributed by atoms with van der Waals surface area (Å²) in [5.74, 6) is -0.260. The van der Waals surface area contributed by atoms with Crippen LogP contribution in [-0.4, -0.2) is 16.8 Å². The summed E-state index contributed by atoms with van der Waals surface area (Å²) < 4.78 is 0. The normalized spacial score (nSPS) is 10.2. The van der Waals surface area contributed by atoms with Gasteiger partial charge in [-0.3, -0.25) is 14.6 Å². The van der Waals surface area contributed by atoms with Gasteiger partial charge in [-0.2, -0.15) is 0 Å². The number of rotatable bonds is 6. The lowest BCUT2D eigenvalue weighted by molar-refractivity contribution is -0.115. The molecule has 26 heavy (non-hydrogen) atoms. The minimum atomic E-state index is -0.184. The highest BCUT2D eigenvalue weighted by atomic mass is 16.2. The highest BCUT2D eigenvalue weighted by Crippen LogP contribution is 2.12. The minimum absolute atomic E-state index is 0.0762. The molecule has 3 rings (SSSR count). The predicted molar refractivity (Wildman–Crippen MR) is 101 cm³/mol. The van der Waals surface area contributed by atoms with Crippen molar-refractivity contribution in [3.8, 4) is 0 Å². The molecule has 0 atom stereocenters. The van der Waals surface area contributed by atoms with Crippen LogP contribution in [0.25, 0.3) is 0 Å². The summed E-state index contributed by atoms with van der Waals surface area (Å²) in [6.07, 6.45) is 3.47. The summed E-state index contributed by atoms with van der Waals surface area (Å²) in [5.41, 5.74) is 3.09. The minimum Gasteiger partial charge on any atom is -0.348 e. The van der Waals surface area contributed by atoms with Gasteiger partial charge in [0.05, 0.1) is 12.0 Å². The third-order valence-corrected chi connectivity index (χ3v) is 3.80.